The largest absolute Gasteiger partial charge is 0.481 e. The fourth-order valence-electron chi connectivity index (χ4n) is 1.60. The van der Waals surface area contributed by atoms with E-state index in [9.17, 15) is 4.79 Å². The second kappa shape index (κ2) is 3.87. The lowest BCUT2D eigenvalue weighted by Crippen LogP contribution is -2.38. The molecule has 1 aromatic heterocycles. The lowest BCUT2D eigenvalue weighted by atomic mass is 9.99. The first-order valence-corrected chi connectivity index (χ1v) is 5.17. The second-order valence-corrected chi connectivity index (χ2v) is 3.98. The van der Waals surface area contributed by atoms with E-state index in [0.29, 0.717) is 6.54 Å². The van der Waals surface area contributed by atoms with Gasteiger partial charge in [-0.2, -0.15) is 0 Å². The number of carbonyl (C=O) groups is 1. The number of carboxylic acid groups (broad SMARTS) is 1. The minimum atomic E-state index is -0.729. The van der Waals surface area contributed by atoms with Crippen LogP contribution in [-0.4, -0.2) is 39.0 Å². The number of carboxylic acids is 1. The molecule has 6 nitrogen and oxygen atoms in total. The van der Waals surface area contributed by atoms with E-state index >= 15 is 0 Å². The van der Waals surface area contributed by atoms with Gasteiger partial charge in [0.2, 0.25) is 5.13 Å². The van der Waals surface area contributed by atoms with E-state index in [4.69, 9.17) is 5.11 Å². The van der Waals surface area contributed by atoms with Gasteiger partial charge < -0.3 is 10.0 Å². The third-order valence-electron chi connectivity index (χ3n) is 2.33. The third-order valence-corrected chi connectivity index (χ3v) is 2.99. The van der Waals surface area contributed by atoms with E-state index in [-0.39, 0.29) is 5.92 Å². The van der Waals surface area contributed by atoms with Gasteiger partial charge in [-0.1, -0.05) is 9.59 Å². The van der Waals surface area contributed by atoms with Gasteiger partial charge in [0.25, 0.3) is 0 Å². The summed E-state index contributed by atoms with van der Waals surface area (Å²) < 4.78 is 3.66. The van der Waals surface area contributed by atoms with E-state index in [1.54, 1.807) is 0 Å². The Balaban J connectivity index is 2.04. The highest BCUT2D eigenvalue weighted by Gasteiger charge is 2.26. The highest BCUT2D eigenvalue weighted by Crippen LogP contribution is 2.22. The summed E-state index contributed by atoms with van der Waals surface area (Å²) in [7, 11) is 0. The highest BCUT2D eigenvalue weighted by atomic mass is 32.1. The summed E-state index contributed by atoms with van der Waals surface area (Å²) in [4.78, 5) is 12.7. The average Bonchev–Trinajstić information content (AvgIpc) is 2.71. The summed E-state index contributed by atoms with van der Waals surface area (Å²) in [6, 6.07) is 0. The molecule has 14 heavy (non-hydrogen) atoms. The number of hydrogen-bond donors (Lipinski definition) is 1. The minimum absolute atomic E-state index is 0.285. The molecule has 0 aromatic carbocycles. The summed E-state index contributed by atoms with van der Waals surface area (Å²) in [5.74, 6) is -1.01. The molecule has 1 unspecified atom stereocenters. The molecule has 1 aliphatic heterocycles. The van der Waals surface area contributed by atoms with E-state index in [2.05, 4.69) is 14.8 Å². The first kappa shape index (κ1) is 9.32. The van der Waals surface area contributed by atoms with Gasteiger partial charge in [0.1, 0.15) is 0 Å². The zero-order valence-electron chi connectivity index (χ0n) is 7.46. The summed E-state index contributed by atoms with van der Waals surface area (Å²) in [5, 5.41) is 16.9. The molecule has 2 heterocycles. The van der Waals surface area contributed by atoms with Crippen LogP contribution in [0.2, 0.25) is 0 Å². The van der Waals surface area contributed by atoms with Crippen LogP contribution in [0.3, 0.4) is 0 Å². The molecule has 0 spiro atoms. The van der Waals surface area contributed by atoms with Crippen molar-refractivity contribution in [2.75, 3.05) is 18.0 Å². The van der Waals surface area contributed by atoms with Gasteiger partial charge in [-0.25, -0.2) is 0 Å². The lowest BCUT2D eigenvalue weighted by molar-refractivity contribution is -0.141. The molecule has 1 aromatic rings. The van der Waals surface area contributed by atoms with Gasteiger partial charge in [0, 0.05) is 24.6 Å². The van der Waals surface area contributed by atoms with E-state index < -0.39 is 5.97 Å². The third kappa shape index (κ3) is 1.82. The first-order valence-electron chi connectivity index (χ1n) is 4.40. The maximum atomic E-state index is 10.8. The Morgan fingerprint density at radius 3 is 3.14 bits per heavy atom. The molecule has 76 valence electrons. The Hall–Kier alpha value is -1.24. The Morgan fingerprint density at radius 1 is 1.64 bits per heavy atom. The van der Waals surface area contributed by atoms with Gasteiger partial charge in [-0.15, -0.1) is 0 Å². The van der Waals surface area contributed by atoms with Crippen molar-refractivity contribution in [1.29, 1.82) is 0 Å². The average molecular weight is 214 g/mol. The van der Waals surface area contributed by atoms with Crippen molar-refractivity contribution in [3.05, 3.63) is 0 Å². The van der Waals surface area contributed by atoms with Crippen LogP contribution in [0.1, 0.15) is 12.8 Å². The molecule has 2 rings (SSSR count). The molecule has 1 N–H and O–H groups in total. The molecule has 0 saturated carbocycles. The maximum absolute atomic E-state index is 10.8. The Kier molecular flexibility index (Phi) is 2.58. The SMILES string of the molecule is O=C(O)C1CCCN(c2nnns2)C1. The smallest absolute Gasteiger partial charge is 0.308 e. The molecule has 7 heteroatoms. The van der Waals surface area contributed by atoms with Gasteiger partial charge in [0.05, 0.1) is 5.92 Å². The summed E-state index contributed by atoms with van der Waals surface area (Å²) in [6.45, 7) is 1.37. The highest BCUT2D eigenvalue weighted by molar-refractivity contribution is 7.09. The zero-order valence-corrected chi connectivity index (χ0v) is 8.27. The van der Waals surface area contributed by atoms with Gasteiger partial charge in [-0.3, -0.25) is 4.79 Å². The maximum Gasteiger partial charge on any atom is 0.308 e. The molecule has 0 aliphatic carbocycles. The van der Waals surface area contributed by atoms with Crippen LogP contribution in [0.25, 0.3) is 0 Å². The number of anilines is 1. The zero-order chi connectivity index (χ0) is 9.97. The predicted octanol–water partition coefficient (Wildman–Crippen LogP) is 0.234. The monoisotopic (exact) mass is 214 g/mol. The first-order chi connectivity index (χ1) is 6.77. The van der Waals surface area contributed by atoms with Crippen molar-refractivity contribution in [3.63, 3.8) is 0 Å². The number of piperidine rings is 1. The van der Waals surface area contributed by atoms with Crippen LogP contribution in [0, 0.1) is 5.92 Å². The molecular formula is C7H10N4O2S. The van der Waals surface area contributed by atoms with E-state index in [0.717, 1.165) is 24.5 Å². The van der Waals surface area contributed by atoms with Gasteiger partial charge in [0.15, 0.2) is 0 Å². The van der Waals surface area contributed by atoms with Crippen molar-refractivity contribution in [1.82, 2.24) is 14.8 Å². The summed E-state index contributed by atoms with van der Waals surface area (Å²) in [5.41, 5.74) is 0. The van der Waals surface area contributed by atoms with Crippen molar-refractivity contribution in [3.8, 4) is 0 Å². The molecule has 1 fully saturated rings. The Labute approximate surface area is 84.7 Å². The van der Waals surface area contributed by atoms with E-state index in [1.165, 1.54) is 11.5 Å². The van der Waals surface area contributed by atoms with Crippen LogP contribution < -0.4 is 4.90 Å². The number of hydrogen-bond acceptors (Lipinski definition) is 6. The van der Waals surface area contributed by atoms with Gasteiger partial charge >= 0.3 is 5.97 Å². The summed E-state index contributed by atoms with van der Waals surface area (Å²) in [6.07, 6.45) is 1.63. The second-order valence-electron chi connectivity index (χ2n) is 3.27. The fourth-order valence-corrected chi connectivity index (χ4v) is 2.10. The van der Waals surface area contributed by atoms with Crippen molar-refractivity contribution in [2.24, 2.45) is 5.92 Å². The van der Waals surface area contributed by atoms with Crippen LogP contribution in [0.5, 0.6) is 0 Å². The molecule has 1 aliphatic rings. The van der Waals surface area contributed by atoms with Crippen molar-refractivity contribution >= 4 is 22.6 Å². The van der Waals surface area contributed by atoms with Crippen molar-refractivity contribution < 1.29 is 9.90 Å². The summed E-state index contributed by atoms with van der Waals surface area (Å²) >= 11 is 1.20. The Bertz CT molecular complexity index is 315. The number of rotatable bonds is 2. The molecule has 0 radical (unpaired) electrons. The number of nitrogens with zero attached hydrogens (tertiary/aromatic N) is 4. The predicted molar refractivity (Wildman–Crippen MR) is 50.3 cm³/mol. The van der Waals surface area contributed by atoms with Crippen LogP contribution >= 0.6 is 11.5 Å². The van der Waals surface area contributed by atoms with Crippen molar-refractivity contribution in [2.45, 2.75) is 12.8 Å². The molecular weight excluding hydrogens is 204 g/mol. The lowest BCUT2D eigenvalue weighted by Gasteiger charge is -2.29. The fraction of sp³-hybridized carbons (Fsp3) is 0.714. The quantitative estimate of drug-likeness (QED) is 0.759. The Morgan fingerprint density at radius 2 is 2.50 bits per heavy atom. The van der Waals surface area contributed by atoms with Gasteiger partial charge in [-0.05, 0) is 18.1 Å². The standard InChI is InChI=1S/C7H10N4O2S/c12-6(13)5-2-1-3-11(4-5)7-8-9-10-14-7/h5H,1-4H2,(H,12,13). The molecule has 0 bridgehead atoms. The topological polar surface area (TPSA) is 79.2 Å². The normalized spacial score (nSPS) is 22.3. The number of aliphatic carboxylic acids is 1. The van der Waals surface area contributed by atoms with Crippen LogP contribution in [0.4, 0.5) is 5.13 Å². The molecule has 1 atom stereocenters. The number of aromatic nitrogens is 3. The van der Waals surface area contributed by atoms with Crippen LogP contribution in [-0.2, 0) is 4.79 Å². The minimum Gasteiger partial charge on any atom is -0.481 e. The molecule has 0 amide bonds. The van der Waals surface area contributed by atoms with Crippen LogP contribution in [0.15, 0.2) is 0 Å². The van der Waals surface area contributed by atoms with E-state index in [1.807, 2.05) is 4.90 Å². The molecule has 1 saturated heterocycles.